The Morgan fingerprint density at radius 3 is 2.50 bits per heavy atom. The third-order valence-corrected chi connectivity index (χ3v) is 7.21. The Hall–Kier alpha value is -2.64. The van der Waals surface area contributed by atoms with Crippen LogP contribution in [0.5, 0.6) is 0 Å². The van der Waals surface area contributed by atoms with Crippen LogP contribution in [0.25, 0.3) is 22.8 Å². The Labute approximate surface area is 196 Å². The van der Waals surface area contributed by atoms with Crippen LogP contribution in [0.15, 0.2) is 58.1 Å². The molecule has 5 rings (SSSR count). The molecule has 0 aliphatic heterocycles. The van der Waals surface area contributed by atoms with Crippen molar-refractivity contribution in [1.29, 1.82) is 0 Å². The van der Waals surface area contributed by atoms with E-state index in [9.17, 15) is 0 Å². The second-order valence-corrected chi connectivity index (χ2v) is 9.88. The molecule has 164 valence electrons. The summed E-state index contributed by atoms with van der Waals surface area (Å²) >= 11 is 8.09. The molecule has 0 saturated heterocycles. The molecule has 0 radical (unpaired) electrons. The second-order valence-electron chi connectivity index (χ2n) is 8.17. The first kappa shape index (κ1) is 21.2. The molecule has 2 aromatic heterocycles. The summed E-state index contributed by atoms with van der Waals surface area (Å²) in [5.41, 5.74) is 3.02. The smallest absolute Gasteiger partial charge is 0.247 e. The van der Waals surface area contributed by atoms with Gasteiger partial charge in [-0.05, 0) is 51.0 Å². The maximum atomic E-state index is 6.50. The summed E-state index contributed by atoms with van der Waals surface area (Å²) in [4.78, 5) is 0. The summed E-state index contributed by atoms with van der Waals surface area (Å²) in [5.74, 6) is 1.93. The molecule has 2 aromatic carbocycles. The first-order chi connectivity index (χ1) is 15.6. The number of halogens is 1. The quantitative estimate of drug-likeness (QED) is 0.287. The Balaban J connectivity index is 1.44. The second kappa shape index (κ2) is 9.08. The average molecular weight is 466 g/mol. The summed E-state index contributed by atoms with van der Waals surface area (Å²) in [6.07, 6.45) is 4.67. The van der Waals surface area contributed by atoms with Gasteiger partial charge in [0.25, 0.3) is 0 Å². The highest BCUT2D eigenvalue weighted by Crippen LogP contribution is 2.41. The maximum Gasteiger partial charge on any atom is 0.247 e. The van der Waals surface area contributed by atoms with Crippen LogP contribution in [-0.4, -0.2) is 25.0 Å². The van der Waals surface area contributed by atoms with Gasteiger partial charge in [-0.2, -0.15) is 0 Å². The molecule has 1 aliphatic carbocycles. The lowest BCUT2D eigenvalue weighted by Gasteiger charge is -2.18. The predicted octanol–water partition coefficient (Wildman–Crippen LogP) is 6.93. The Morgan fingerprint density at radius 2 is 1.75 bits per heavy atom. The van der Waals surface area contributed by atoms with E-state index in [0.717, 1.165) is 34.9 Å². The summed E-state index contributed by atoms with van der Waals surface area (Å²) < 4.78 is 8.25. The molecule has 32 heavy (non-hydrogen) atoms. The van der Waals surface area contributed by atoms with Crippen molar-refractivity contribution in [3.63, 3.8) is 0 Å². The van der Waals surface area contributed by atoms with E-state index in [1.54, 1.807) is 11.8 Å². The van der Waals surface area contributed by atoms with Gasteiger partial charge in [-0.1, -0.05) is 66.0 Å². The fourth-order valence-electron chi connectivity index (χ4n) is 4.10. The number of benzene rings is 2. The highest BCUT2D eigenvalue weighted by Gasteiger charge is 2.28. The third-order valence-electron chi connectivity index (χ3n) is 5.84. The lowest BCUT2D eigenvalue weighted by atomic mass is 10.1. The number of thioether (sulfide) groups is 1. The van der Waals surface area contributed by atoms with Gasteiger partial charge in [0.1, 0.15) is 0 Å². The molecule has 1 aliphatic rings. The fourth-order valence-corrected chi connectivity index (χ4v) is 5.26. The van der Waals surface area contributed by atoms with E-state index in [-0.39, 0.29) is 5.25 Å². The molecular formula is C24H24ClN5OS. The van der Waals surface area contributed by atoms with Crippen LogP contribution in [0.4, 0.5) is 0 Å². The van der Waals surface area contributed by atoms with Gasteiger partial charge < -0.3 is 4.42 Å². The van der Waals surface area contributed by atoms with Crippen molar-refractivity contribution >= 4 is 23.4 Å². The lowest BCUT2D eigenvalue weighted by Crippen LogP contribution is -2.09. The summed E-state index contributed by atoms with van der Waals surface area (Å²) in [7, 11) is 0. The number of aromatic nitrogens is 5. The van der Waals surface area contributed by atoms with Crippen molar-refractivity contribution in [1.82, 2.24) is 25.0 Å². The Kier molecular flexibility index (Phi) is 6.02. The summed E-state index contributed by atoms with van der Waals surface area (Å²) in [6, 6.07) is 16.3. The van der Waals surface area contributed by atoms with Crippen LogP contribution in [0, 0.1) is 6.92 Å². The van der Waals surface area contributed by atoms with Gasteiger partial charge in [0.15, 0.2) is 11.0 Å². The molecule has 0 bridgehead atoms. The molecule has 4 aromatic rings. The maximum absolute atomic E-state index is 6.50. The van der Waals surface area contributed by atoms with Crippen molar-refractivity contribution in [2.75, 3.05) is 0 Å². The first-order valence-corrected chi connectivity index (χ1v) is 12.1. The average Bonchev–Trinajstić information content (AvgIpc) is 3.55. The van der Waals surface area contributed by atoms with E-state index in [1.165, 1.54) is 18.4 Å². The first-order valence-electron chi connectivity index (χ1n) is 10.9. The molecule has 8 heteroatoms. The minimum atomic E-state index is -0.0647. The van der Waals surface area contributed by atoms with Crippen LogP contribution in [0.2, 0.25) is 5.02 Å². The number of nitrogens with zero attached hydrogens (tertiary/aromatic N) is 5. The molecule has 2 heterocycles. The fraction of sp³-hybridized carbons (Fsp3) is 0.333. The normalized spacial score (nSPS) is 15.3. The van der Waals surface area contributed by atoms with Crippen molar-refractivity contribution in [3.8, 4) is 22.8 Å². The Bertz CT molecular complexity index is 1210. The number of hydrogen-bond acceptors (Lipinski definition) is 6. The van der Waals surface area contributed by atoms with Crippen LogP contribution >= 0.6 is 23.4 Å². The van der Waals surface area contributed by atoms with Gasteiger partial charge in [0.2, 0.25) is 11.8 Å². The van der Waals surface area contributed by atoms with Crippen LogP contribution in [-0.2, 0) is 0 Å². The van der Waals surface area contributed by atoms with Crippen molar-refractivity contribution in [3.05, 3.63) is 65.0 Å². The Morgan fingerprint density at radius 1 is 1.00 bits per heavy atom. The molecule has 0 spiro atoms. The van der Waals surface area contributed by atoms with E-state index in [1.807, 2.05) is 48.5 Å². The van der Waals surface area contributed by atoms with Gasteiger partial charge in [-0.25, -0.2) is 0 Å². The van der Waals surface area contributed by atoms with E-state index in [2.05, 4.69) is 38.8 Å². The zero-order chi connectivity index (χ0) is 22.1. The number of rotatable bonds is 6. The van der Waals surface area contributed by atoms with Gasteiger partial charge in [-0.15, -0.1) is 20.4 Å². The van der Waals surface area contributed by atoms with Crippen molar-refractivity contribution in [2.24, 2.45) is 0 Å². The van der Waals surface area contributed by atoms with Gasteiger partial charge in [0.05, 0.1) is 10.3 Å². The van der Waals surface area contributed by atoms with Gasteiger partial charge >= 0.3 is 0 Å². The SMILES string of the molecule is Cc1ccc(-c2nnc([C@@H](C)Sc3nnc(-c4ccccc4Cl)n3C3CCCC3)o2)cc1. The van der Waals surface area contributed by atoms with Crippen LogP contribution in [0.3, 0.4) is 0 Å². The lowest BCUT2D eigenvalue weighted by molar-refractivity contribution is 0.482. The zero-order valence-electron chi connectivity index (χ0n) is 18.0. The highest BCUT2D eigenvalue weighted by molar-refractivity contribution is 7.99. The monoisotopic (exact) mass is 465 g/mol. The molecule has 0 unspecified atom stereocenters. The summed E-state index contributed by atoms with van der Waals surface area (Å²) in [5, 5.41) is 19.1. The zero-order valence-corrected chi connectivity index (χ0v) is 19.6. The van der Waals surface area contributed by atoms with E-state index < -0.39 is 0 Å². The molecule has 1 fully saturated rings. The molecule has 0 amide bonds. The predicted molar refractivity (Wildman–Crippen MR) is 127 cm³/mol. The number of aryl methyl sites for hydroxylation is 1. The molecular weight excluding hydrogens is 442 g/mol. The van der Waals surface area contributed by atoms with Gasteiger partial charge in [0, 0.05) is 17.2 Å². The molecule has 1 saturated carbocycles. The van der Waals surface area contributed by atoms with Crippen LogP contribution < -0.4 is 0 Å². The third kappa shape index (κ3) is 4.19. The minimum Gasteiger partial charge on any atom is -0.419 e. The van der Waals surface area contributed by atoms with Gasteiger partial charge in [-0.3, -0.25) is 4.57 Å². The van der Waals surface area contributed by atoms with E-state index in [4.69, 9.17) is 16.0 Å². The molecule has 0 N–H and O–H groups in total. The van der Waals surface area contributed by atoms with E-state index in [0.29, 0.717) is 22.8 Å². The summed E-state index contributed by atoms with van der Waals surface area (Å²) in [6.45, 7) is 4.11. The standard InChI is InChI=1S/C24H24ClN5OS/c1-15-11-13-17(14-12-15)23-28-27-22(31-23)16(2)32-24-29-26-21(19-9-5-6-10-20(19)25)30(24)18-7-3-4-8-18/h5-6,9-14,16,18H,3-4,7-8H2,1-2H3/t16-/m1/s1. The highest BCUT2D eigenvalue weighted by atomic mass is 35.5. The van der Waals surface area contributed by atoms with E-state index >= 15 is 0 Å². The molecule has 6 nitrogen and oxygen atoms in total. The van der Waals surface area contributed by atoms with Crippen LogP contribution in [0.1, 0.15) is 55.4 Å². The topological polar surface area (TPSA) is 69.6 Å². The number of hydrogen-bond donors (Lipinski definition) is 0. The minimum absolute atomic E-state index is 0.0647. The van der Waals surface area contributed by atoms with Crippen molar-refractivity contribution in [2.45, 2.75) is 56.0 Å². The largest absolute Gasteiger partial charge is 0.419 e. The molecule has 1 atom stereocenters. The van der Waals surface area contributed by atoms with Crippen molar-refractivity contribution < 1.29 is 4.42 Å².